The third kappa shape index (κ3) is 4.13. The van der Waals surface area contributed by atoms with Crippen molar-refractivity contribution in [3.63, 3.8) is 0 Å². The van der Waals surface area contributed by atoms with Crippen molar-refractivity contribution in [1.29, 1.82) is 0 Å². The minimum Gasteiger partial charge on any atom is -0.493 e. The highest BCUT2D eigenvalue weighted by atomic mass is 19.1. The zero-order chi connectivity index (χ0) is 19.4. The number of hydrogen-bond acceptors (Lipinski definition) is 4. The van der Waals surface area contributed by atoms with Gasteiger partial charge < -0.3 is 14.0 Å². The van der Waals surface area contributed by atoms with Crippen LogP contribution in [0.4, 0.5) is 8.78 Å². The van der Waals surface area contributed by atoms with Crippen molar-refractivity contribution >= 4 is 5.78 Å². The van der Waals surface area contributed by atoms with Crippen molar-refractivity contribution in [3.8, 4) is 11.5 Å². The molecule has 0 N–H and O–H groups in total. The number of nitrogens with zero attached hydrogens (tertiary/aromatic N) is 2. The molecule has 0 atom stereocenters. The number of carbonyl (C=O) groups is 1. The Bertz CT molecular complexity index is 949. The first-order valence-electron chi connectivity index (χ1n) is 8.20. The molecule has 0 aliphatic heterocycles. The van der Waals surface area contributed by atoms with Crippen LogP contribution in [0, 0.1) is 11.6 Å². The molecule has 7 heteroatoms. The van der Waals surface area contributed by atoms with Crippen LogP contribution >= 0.6 is 0 Å². The summed E-state index contributed by atoms with van der Waals surface area (Å²) in [6, 6.07) is 8.64. The van der Waals surface area contributed by atoms with Crippen LogP contribution in [0.15, 0.2) is 48.9 Å². The van der Waals surface area contributed by atoms with Crippen molar-refractivity contribution in [2.45, 2.75) is 13.0 Å². The Morgan fingerprint density at radius 2 is 1.78 bits per heavy atom. The number of aromatic nitrogens is 2. The highest BCUT2D eigenvalue weighted by Gasteiger charge is 2.14. The van der Waals surface area contributed by atoms with Crippen LogP contribution in [-0.4, -0.2) is 29.6 Å². The molecule has 1 aromatic heterocycles. The summed E-state index contributed by atoms with van der Waals surface area (Å²) in [5.74, 6) is -0.397. The van der Waals surface area contributed by atoms with Gasteiger partial charge in [-0.25, -0.2) is 13.8 Å². The van der Waals surface area contributed by atoms with Crippen LogP contribution in [0.25, 0.3) is 0 Å². The molecule has 0 spiro atoms. The van der Waals surface area contributed by atoms with E-state index in [-0.39, 0.29) is 24.3 Å². The number of carbonyl (C=O) groups excluding carboxylic acids is 1. The zero-order valence-corrected chi connectivity index (χ0v) is 14.9. The Morgan fingerprint density at radius 3 is 2.44 bits per heavy atom. The molecule has 2 aromatic carbocycles. The predicted molar refractivity (Wildman–Crippen MR) is 95.3 cm³/mol. The lowest BCUT2D eigenvalue weighted by atomic mass is 10.1. The minimum atomic E-state index is -0.619. The molecular weight excluding hydrogens is 354 g/mol. The normalized spacial score (nSPS) is 10.7. The summed E-state index contributed by atoms with van der Waals surface area (Å²) in [6.07, 6.45) is 3.11. The molecule has 1 heterocycles. The minimum absolute atomic E-state index is 0.00391. The third-order valence-corrected chi connectivity index (χ3v) is 4.14. The summed E-state index contributed by atoms with van der Waals surface area (Å²) in [5, 5.41) is 0. The van der Waals surface area contributed by atoms with Gasteiger partial charge in [0.15, 0.2) is 17.3 Å². The fourth-order valence-corrected chi connectivity index (χ4v) is 2.73. The van der Waals surface area contributed by atoms with E-state index in [1.165, 1.54) is 38.7 Å². The molecule has 140 valence electrons. The van der Waals surface area contributed by atoms with E-state index in [9.17, 15) is 13.6 Å². The van der Waals surface area contributed by atoms with E-state index in [0.29, 0.717) is 22.8 Å². The number of benzene rings is 2. The van der Waals surface area contributed by atoms with Gasteiger partial charge in [-0.15, -0.1) is 0 Å². The van der Waals surface area contributed by atoms with Gasteiger partial charge in [0.1, 0.15) is 11.6 Å². The van der Waals surface area contributed by atoms with Gasteiger partial charge in [-0.3, -0.25) is 4.79 Å². The van der Waals surface area contributed by atoms with Gasteiger partial charge in [-0.05, 0) is 30.3 Å². The average Bonchev–Trinajstić information content (AvgIpc) is 3.11. The lowest BCUT2D eigenvalue weighted by Crippen LogP contribution is -2.05. The van der Waals surface area contributed by atoms with Gasteiger partial charge in [0.25, 0.3) is 0 Å². The monoisotopic (exact) mass is 372 g/mol. The van der Waals surface area contributed by atoms with Crippen molar-refractivity contribution in [2.24, 2.45) is 0 Å². The number of rotatable bonds is 7. The van der Waals surface area contributed by atoms with E-state index >= 15 is 0 Å². The molecule has 0 saturated carbocycles. The first-order chi connectivity index (χ1) is 13.0. The zero-order valence-electron chi connectivity index (χ0n) is 14.9. The summed E-state index contributed by atoms with van der Waals surface area (Å²) in [5.41, 5.74) is 0.918. The molecule has 0 fully saturated rings. The Balaban J connectivity index is 1.73. The molecule has 0 bridgehead atoms. The van der Waals surface area contributed by atoms with Crippen molar-refractivity contribution in [1.82, 2.24) is 9.55 Å². The fraction of sp³-hybridized carbons (Fsp3) is 0.200. The van der Waals surface area contributed by atoms with Gasteiger partial charge in [-0.1, -0.05) is 6.07 Å². The van der Waals surface area contributed by atoms with Gasteiger partial charge >= 0.3 is 0 Å². The summed E-state index contributed by atoms with van der Waals surface area (Å²) < 4.78 is 39.4. The van der Waals surface area contributed by atoms with Crippen LogP contribution in [-0.2, 0) is 13.0 Å². The second-order valence-corrected chi connectivity index (χ2v) is 5.91. The Morgan fingerprint density at radius 1 is 1.07 bits per heavy atom. The van der Waals surface area contributed by atoms with Gasteiger partial charge in [0.05, 0.1) is 39.2 Å². The maximum atomic E-state index is 13.8. The topological polar surface area (TPSA) is 53.4 Å². The van der Waals surface area contributed by atoms with Crippen molar-refractivity contribution in [3.05, 3.63) is 77.4 Å². The van der Waals surface area contributed by atoms with E-state index in [1.807, 2.05) is 0 Å². The van der Waals surface area contributed by atoms with Crippen LogP contribution in [0.5, 0.6) is 11.5 Å². The van der Waals surface area contributed by atoms with Gasteiger partial charge in [0, 0.05) is 17.3 Å². The Kier molecular flexibility index (Phi) is 5.49. The summed E-state index contributed by atoms with van der Waals surface area (Å²) in [6.45, 7) is -0.00391. The highest BCUT2D eigenvalue weighted by molar-refractivity contribution is 5.97. The van der Waals surface area contributed by atoms with E-state index < -0.39 is 11.6 Å². The van der Waals surface area contributed by atoms with Crippen LogP contribution in [0.3, 0.4) is 0 Å². The number of halogens is 2. The molecule has 3 rings (SSSR count). The summed E-state index contributed by atoms with van der Waals surface area (Å²) >= 11 is 0. The van der Waals surface area contributed by atoms with E-state index in [4.69, 9.17) is 9.47 Å². The number of ether oxygens (including phenoxy) is 2. The predicted octanol–water partition coefficient (Wildman–Crippen LogP) is 3.65. The summed E-state index contributed by atoms with van der Waals surface area (Å²) in [7, 11) is 3.01. The van der Waals surface area contributed by atoms with E-state index in [1.54, 1.807) is 29.0 Å². The molecule has 0 aliphatic carbocycles. The van der Waals surface area contributed by atoms with E-state index in [0.717, 1.165) is 0 Å². The lowest BCUT2D eigenvalue weighted by molar-refractivity contribution is 0.0991. The fourth-order valence-electron chi connectivity index (χ4n) is 2.73. The second-order valence-electron chi connectivity index (χ2n) is 5.91. The molecule has 27 heavy (non-hydrogen) atoms. The second kappa shape index (κ2) is 7.99. The quantitative estimate of drug-likeness (QED) is 0.594. The maximum Gasteiger partial charge on any atom is 0.169 e. The molecular formula is C20H18F2N2O3. The van der Waals surface area contributed by atoms with Gasteiger partial charge in [0.2, 0.25) is 0 Å². The number of methoxy groups -OCH3 is 2. The van der Waals surface area contributed by atoms with Crippen LogP contribution in [0.2, 0.25) is 0 Å². The standard InChI is InChI=1S/C20H18F2N2O3/c1-26-19-7-6-13(8-20(19)27-2)18(25)9-14-10-24(12-23-14)11-15-16(21)4-3-5-17(15)22/h3-8,10,12H,9,11H2,1-2H3. The first kappa shape index (κ1) is 18.6. The van der Waals surface area contributed by atoms with Crippen molar-refractivity contribution in [2.75, 3.05) is 14.2 Å². The number of Topliss-reactive ketones (excluding diaryl/α,β-unsaturated/α-hetero) is 1. The Hall–Kier alpha value is -3.22. The Labute approximate surface area is 155 Å². The first-order valence-corrected chi connectivity index (χ1v) is 8.20. The van der Waals surface area contributed by atoms with E-state index in [2.05, 4.69) is 4.98 Å². The molecule has 0 aliphatic rings. The van der Waals surface area contributed by atoms with Crippen LogP contribution in [0.1, 0.15) is 21.6 Å². The summed E-state index contributed by atoms with van der Waals surface area (Å²) in [4.78, 5) is 16.6. The molecule has 0 unspecified atom stereocenters. The SMILES string of the molecule is COc1ccc(C(=O)Cc2cn(Cc3c(F)cccc3F)cn2)cc1OC. The molecule has 0 amide bonds. The molecule has 3 aromatic rings. The largest absolute Gasteiger partial charge is 0.493 e. The van der Waals surface area contributed by atoms with Gasteiger partial charge in [-0.2, -0.15) is 0 Å². The lowest BCUT2D eigenvalue weighted by Gasteiger charge is -2.08. The number of hydrogen-bond donors (Lipinski definition) is 0. The molecule has 0 saturated heterocycles. The highest BCUT2D eigenvalue weighted by Crippen LogP contribution is 2.28. The maximum absolute atomic E-state index is 13.8. The number of imidazole rings is 1. The smallest absolute Gasteiger partial charge is 0.169 e. The van der Waals surface area contributed by atoms with Crippen molar-refractivity contribution < 1.29 is 23.0 Å². The average molecular weight is 372 g/mol. The van der Waals surface area contributed by atoms with Crippen LogP contribution < -0.4 is 9.47 Å². The number of ketones is 1. The molecule has 0 radical (unpaired) electrons. The molecule has 5 nitrogen and oxygen atoms in total. The third-order valence-electron chi connectivity index (χ3n) is 4.14.